The molecule has 0 heterocycles. The summed E-state index contributed by atoms with van der Waals surface area (Å²) in [5, 5.41) is 8.36. The highest BCUT2D eigenvalue weighted by Crippen LogP contribution is 2.29. The van der Waals surface area contributed by atoms with Crippen molar-refractivity contribution in [3.05, 3.63) is 29.8 Å². The van der Waals surface area contributed by atoms with E-state index >= 15 is 0 Å². The topological polar surface area (TPSA) is 49.8 Å². The number of aliphatic carboxylic acids is 1. The van der Waals surface area contributed by atoms with Gasteiger partial charge in [0.05, 0.1) is 19.0 Å². The normalized spacial score (nSPS) is 12.5. The van der Waals surface area contributed by atoms with E-state index in [1.54, 1.807) is 19.1 Å². The van der Waals surface area contributed by atoms with Gasteiger partial charge in [-0.3, -0.25) is 9.69 Å². The number of carboxylic acids is 1. The molecule has 1 aromatic rings. The monoisotopic (exact) mass is 257 g/mol. The summed E-state index contributed by atoms with van der Waals surface area (Å²) in [5.74, 6) is -0.146. The number of benzene rings is 1. The third-order valence-electron chi connectivity index (χ3n) is 2.35. The third-order valence-corrected chi connectivity index (χ3v) is 2.73. The first kappa shape index (κ1) is 13.8. The van der Waals surface area contributed by atoms with Crippen molar-refractivity contribution in [2.24, 2.45) is 0 Å². The van der Waals surface area contributed by atoms with E-state index in [1.807, 2.05) is 24.3 Å². The van der Waals surface area contributed by atoms with Crippen LogP contribution in [0.2, 0.25) is 0 Å². The van der Waals surface area contributed by atoms with Gasteiger partial charge in [0, 0.05) is 12.1 Å². The molecule has 1 rings (SSSR count). The predicted molar refractivity (Wildman–Crippen MR) is 66.7 cm³/mol. The van der Waals surface area contributed by atoms with Gasteiger partial charge in [-0.15, -0.1) is 11.6 Å². The molecule has 0 aromatic heterocycles. The van der Waals surface area contributed by atoms with Crippen LogP contribution in [0.3, 0.4) is 0 Å². The molecule has 1 atom stereocenters. The lowest BCUT2D eigenvalue weighted by atomic mass is 10.1. The van der Waals surface area contributed by atoms with Gasteiger partial charge < -0.3 is 9.84 Å². The lowest BCUT2D eigenvalue weighted by molar-refractivity contribution is -0.137. The summed E-state index contributed by atoms with van der Waals surface area (Å²) in [6, 6.07) is 7.46. The third kappa shape index (κ3) is 4.24. The second kappa shape index (κ2) is 6.47. The summed E-state index contributed by atoms with van der Waals surface area (Å²) in [7, 11) is 3.31. The van der Waals surface area contributed by atoms with Crippen molar-refractivity contribution in [2.45, 2.75) is 5.38 Å². The van der Waals surface area contributed by atoms with Crippen LogP contribution in [0.5, 0.6) is 5.75 Å². The minimum absolute atomic E-state index is 0.0294. The Labute approximate surface area is 106 Å². The lowest BCUT2D eigenvalue weighted by Crippen LogP contribution is -2.28. The van der Waals surface area contributed by atoms with Crippen molar-refractivity contribution in [1.82, 2.24) is 4.90 Å². The summed E-state index contributed by atoms with van der Waals surface area (Å²) >= 11 is 6.25. The number of carbonyl (C=O) groups is 1. The van der Waals surface area contributed by atoms with E-state index in [0.717, 1.165) is 11.3 Å². The van der Waals surface area contributed by atoms with Crippen molar-refractivity contribution >= 4 is 17.6 Å². The average Bonchev–Trinajstić information content (AvgIpc) is 2.27. The van der Waals surface area contributed by atoms with E-state index in [0.29, 0.717) is 6.54 Å². The second-order valence-electron chi connectivity index (χ2n) is 3.80. The fourth-order valence-corrected chi connectivity index (χ4v) is 2.01. The molecule has 94 valence electrons. The molecule has 0 bridgehead atoms. The molecule has 0 fully saturated rings. The Morgan fingerprint density at radius 3 is 2.76 bits per heavy atom. The molecular weight excluding hydrogens is 242 g/mol. The average molecular weight is 258 g/mol. The second-order valence-corrected chi connectivity index (χ2v) is 4.33. The maximum Gasteiger partial charge on any atom is 0.317 e. The van der Waals surface area contributed by atoms with Gasteiger partial charge in [-0.05, 0) is 13.1 Å². The van der Waals surface area contributed by atoms with Crippen molar-refractivity contribution in [2.75, 3.05) is 27.2 Å². The van der Waals surface area contributed by atoms with Gasteiger partial charge in [0.1, 0.15) is 5.75 Å². The molecule has 0 aliphatic rings. The molecule has 0 saturated carbocycles. The Balaban J connectivity index is 2.69. The summed E-state index contributed by atoms with van der Waals surface area (Å²) in [4.78, 5) is 12.2. The fraction of sp³-hybridized carbons (Fsp3) is 0.417. The summed E-state index contributed by atoms with van der Waals surface area (Å²) < 4.78 is 5.21. The van der Waals surface area contributed by atoms with E-state index in [4.69, 9.17) is 21.4 Å². The number of ether oxygens (including phenoxy) is 1. The Bertz CT molecular complexity index is 384. The largest absolute Gasteiger partial charge is 0.496 e. The number of likely N-dealkylation sites (N-methyl/N-ethyl adjacent to an activating group) is 1. The minimum Gasteiger partial charge on any atom is -0.496 e. The Morgan fingerprint density at radius 1 is 1.53 bits per heavy atom. The number of para-hydroxylation sites is 1. The number of rotatable bonds is 6. The van der Waals surface area contributed by atoms with Crippen molar-refractivity contribution < 1.29 is 14.6 Å². The van der Waals surface area contributed by atoms with Gasteiger partial charge >= 0.3 is 5.97 Å². The molecule has 1 aromatic carbocycles. The van der Waals surface area contributed by atoms with Gasteiger partial charge in [0.2, 0.25) is 0 Å². The number of nitrogens with zero attached hydrogens (tertiary/aromatic N) is 1. The molecule has 17 heavy (non-hydrogen) atoms. The highest BCUT2D eigenvalue weighted by atomic mass is 35.5. The molecule has 1 unspecified atom stereocenters. The van der Waals surface area contributed by atoms with E-state index in [9.17, 15) is 4.79 Å². The molecule has 0 spiro atoms. The molecule has 5 heteroatoms. The Morgan fingerprint density at radius 2 is 2.18 bits per heavy atom. The Hall–Kier alpha value is -1.26. The number of halogens is 1. The standard InChI is InChI=1S/C12H16ClNO3/c1-14(8-12(15)16)7-10(13)9-5-3-4-6-11(9)17-2/h3-6,10H,7-8H2,1-2H3,(H,15,16). The summed E-state index contributed by atoms with van der Waals surface area (Å²) in [6.45, 7) is 0.423. The SMILES string of the molecule is COc1ccccc1C(Cl)CN(C)CC(=O)O. The minimum atomic E-state index is -0.864. The van der Waals surface area contributed by atoms with Crippen molar-refractivity contribution in [3.63, 3.8) is 0 Å². The molecule has 0 radical (unpaired) electrons. The number of hydrogen-bond donors (Lipinski definition) is 1. The van der Waals surface area contributed by atoms with Crippen LogP contribution >= 0.6 is 11.6 Å². The van der Waals surface area contributed by atoms with Crippen LogP contribution in [0.15, 0.2) is 24.3 Å². The lowest BCUT2D eigenvalue weighted by Gasteiger charge is -2.19. The highest BCUT2D eigenvalue weighted by molar-refractivity contribution is 6.21. The first-order chi connectivity index (χ1) is 8.04. The molecule has 0 amide bonds. The van der Waals surface area contributed by atoms with Crippen LogP contribution in [0.4, 0.5) is 0 Å². The predicted octanol–water partition coefficient (Wildman–Crippen LogP) is 1.99. The number of carboxylic acid groups (broad SMARTS) is 1. The molecule has 0 aliphatic carbocycles. The van der Waals surface area contributed by atoms with E-state index in [1.165, 1.54) is 0 Å². The quantitative estimate of drug-likeness (QED) is 0.792. The molecule has 0 saturated heterocycles. The first-order valence-electron chi connectivity index (χ1n) is 5.22. The van der Waals surface area contributed by atoms with Crippen molar-refractivity contribution in [3.8, 4) is 5.75 Å². The first-order valence-corrected chi connectivity index (χ1v) is 5.65. The summed E-state index contributed by atoms with van der Waals surface area (Å²) in [5.41, 5.74) is 0.869. The van der Waals surface area contributed by atoms with Crippen LogP contribution in [-0.4, -0.2) is 43.2 Å². The summed E-state index contributed by atoms with van der Waals surface area (Å²) in [6.07, 6.45) is 0. The van der Waals surface area contributed by atoms with E-state index < -0.39 is 5.97 Å². The van der Waals surface area contributed by atoms with E-state index in [-0.39, 0.29) is 11.9 Å². The zero-order valence-corrected chi connectivity index (χ0v) is 10.6. The highest BCUT2D eigenvalue weighted by Gasteiger charge is 2.16. The maximum absolute atomic E-state index is 10.5. The maximum atomic E-state index is 10.5. The Kier molecular flexibility index (Phi) is 5.25. The molecule has 1 N–H and O–H groups in total. The molecule has 4 nitrogen and oxygen atoms in total. The number of alkyl halides is 1. The number of hydrogen-bond acceptors (Lipinski definition) is 3. The van der Waals surface area contributed by atoms with Crippen LogP contribution in [0.25, 0.3) is 0 Å². The smallest absolute Gasteiger partial charge is 0.317 e. The van der Waals surface area contributed by atoms with Gasteiger partial charge in [-0.2, -0.15) is 0 Å². The van der Waals surface area contributed by atoms with Crippen LogP contribution in [0.1, 0.15) is 10.9 Å². The van der Waals surface area contributed by atoms with Crippen molar-refractivity contribution in [1.29, 1.82) is 0 Å². The molecular formula is C12H16ClNO3. The zero-order valence-electron chi connectivity index (χ0n) is 9.89. The zero-order chi connectivity index (χ0) is 12.8. The van der Waals surface area contributed by atoms with Crippen LogP contribution in [-0.2, 0) is 4.79 Å². The fourth-order valence-electron chi connectivity index (χ4n) is 1.59. The van der Waals surface area contributed by atoms with Gasteiger partial charge in [0.15, 0.2) is 0 Å². The van der Waals surface area contributed by atoms with Gasteiger partial charge in [0.25, 0.3) is 0 Å². The van der Waals surface area contributed by atoms with Crippen LogP contribution in [0, 0.1) is 0 Å². The number of methoxy groups -OCH3 is 1. The van der Waals surface area contributed by atoms with Crippen LogP contribution < -0.4 is 4.74 Å². The molecule has 0 aliphatic heterocycles. The van der Waals surface area contributed by atoms with E-state index in [2.05, 4.69) is 0 Å². The van der Waals surface area contributed by atoms with Gasteiger partial charge in [-0.1, -0.05) is 18.2 Å². The van der Waals surface area contributed by atoms with Gasteiger partial charge in [-0.25, -0.2) is 0 Å².